The predicted molar refractivity (Wildman–Crippen MR) is 128 cm³/mol. The Labute approximate surface area is 206 Å². The van der Waals surface area contributed by atoms with Crippen LogP contribution in [0.3, 0.4) is 0 Å². The van der Waals surface area contributed by atoms with Crippen molar-refractivity contribution in [2.75, 3.05) is 46.0 Å². The number of ether oxygens (including phenoxy) is 3. The molecule has 10 nitrogen and oxygen atoms in total. The molecule has 6 rings (SSSR count). The Bertz CT molecular complexity index is 1330. The van der Waals surface area contributed by atoms with Crippen LogP contribution in [0.2, 0.25) is 0 Å². The number of piperidine rings is 1. The van der Waals surface area contributed by atoms with E-state index in [1.54, 1.807) is 16.8 Å². The summed E-state index contributed by atoms with van der Waals surface area (Å²) in [7, 11) is 0. The predicted octanol–water partition coefficient (Wildman–Crippen LogP) is 1.11. The van der Waals surface area contributed by atoms with Crippen molar-refractivity contribution in [2.24, 2.45) is 5.92 Å². The van der Waals surface area contributed by atoms with Gasteiger partial charge in [0.25, 0.3) is 5.56 Å². The number of nitrogens with zero attached hydrogens (tertiary/aromatic N) is 4. The first kappa shape index (κ1) is 23.1. The van der Waals surface area contributed by atoms with E-state index in [9.17, 15) is 14.3 Å². The van der Waals surface area contributed by atoms with Crippen molar-refractivity contribution >= 4 is 11.0 Å². The molecule has 6 heterocycles. The number of aliphatic hydroxyl groups is 1. The van der Waals surface area contributed by atoms with E-state index in [1.807, 2.05) is 6.07 Å². The summed E-state index contributed by atoms with van der Waals surface area (Å²) in [6.45, 7) is 4.34. The molecule has 1 fully saturated rings. The number of hydrogen-bond acceptors (Lipinski definition) is 9. The number of fused-ring (bicyclic) bond motifs is 1. The highest BCUT2D eigenvalue weighted by molar-refractivity contribution is 5.82. The van der Waals surface area contributed by atoms with Gasteiger partial charge in [0.15, 0.2) is 23.1 Å². The third-order valence-electron chi connectivity index (χ3n) is 7.09. The number of hydrogen-bond donors (Lipinski definition) is 2. The molecule has 1 saturated heterocycles. The molecule has 2 N–H and O–H groups in total. The van der Waals surface area contributed by atoms with Crippen molar-refractivity contribution in [1.82, 2.24) is 24.8 Å². The fraction of sp³-hybridized carbons (Fsp3) is 0.480. The van der Waals surface area contributed by atoms with Gasteiger partial charge in [-0.15, -0.1) is 0 Å². The number of halogens is 1. The van der Waals surface area contributed by atoms with Crippen LogP contribution in [0.4, 0.5) is 4.39 Å². The van der Waals surface area contributed by atoms with Crippen LogP contribution in [-0.4, -0.2) is 76.6 Å². The number of pyridine rings is 3. The van der Waals surface area contributed by atoms with Gasteiger partial charge in [-0.3, -0.25) is 19.3 Å². The van der Waals surface area contributed by atoms with Gasteiger partial charge in [0, 0.05) is 50.8 Å². The maximum absolute atomic E-state index is 14.3. The highest BCUT2D eigenvalue weighted by atomic mass is 19.1. The highest BCUT2D eigenvalue weighted by Crippen LogP contribution is 2.33. The molecule has 3 aliphatic rings. The van der Waals surface area contributed by atoms with E-state index in [0.29, 0.717) is 74.9 Å². The van der Waals surface area contributed by atoms with Gasteiger partial charge in [-0.2, -0.15) is 0 Å². The maximum atomic E-state index is 14.3. The molecule has 0 saturated carbocycles. The molecule has 11 heteroatoms. The van der Waals surface area contributed by atoms with Crippen LogP contribution < -0.4 is 25.1 Å². The van der Waals surface area contributed by atoms with Gasteiger partial charge in [-0.05, 0) is 12.5 Å². The van der Waals surface area contributed by atoms with Gasteiger partial charge < -0.3 is 29.5 Å². The normalized spacial score (nSPS) is 23.4. The van der Waals surface area contributed by atoms with Crippen LogP contribution in [-0.2, 0) is 6.54 Å². The molecule has 3 aromatic heterocycles. The first-order chi connectivity index (χ1) is 17.6. The van der Waals surface area contributed by atoms with E-state index < -0.39 is 11.9 Å². The monoisotopic (exact) mass is 497 g/mol. The van der Waals surface area contributed by atoms with Crippen LogP contribution in [0.25, 0.3) is 11.0 Å². The average Bonchev–Trinajstić information content (AvgIpc) is 2.89. The van der Waals surface area contributed by atoms with Gasteiger partial charge in [0.1, 0.15) is 25.3 Å². The Balaban J connectivity index is 1.11. The Hall–Kier alpha value is -3.28. The highest BCUT2D eigenvalue weighted by Gasteiger charge is 2.32. The zero-order chi connectivity index (χ0) is 24.6. The van der Waals surface area contributed by atoms with E-state index in [1.165, 1.54) is 6.07 Å². The molecule has 0 aromatic carbocycles. The number of rotatable bonds is 6. The number of aromatic nitrogens is 3. The molecule has 0 bridgehead atoms. The first-order valence-corrected chi connectivity index (χ1v) is 12.2. The summed E-state index contributed by atoms with van der Waals surface area (Å²) < 4.78 is 32.8. The molecular weight excluding hydrogens is 469 g/mol. The topological polar surface area (TPSA) is 111 Å². The van der Waals surface area contributed by atoms with Crippen molar-refractivity contribution < 1.29 is 23.7 Å². The number of nitrogens with one attached hydrogen (secondary N) is 1. The SMILES string of the molecule is O=c1ccc2ncc(F)c3c2n1[C@H](CN1CC[C@@H](O)[C@@H](CNCc2cc4c(cn2)OCCO4)C1)CO3. The lowest BCUT2D eigenvalue weighted by Crippen LogP contribution is -2.49. The van der Waals surface area contributed by atoms with Crippen molar-refractivity contribution in [3.8, 4) is 17.2 Å². The molecule has 3 aromatic rings. The summed E-state index contributed by atoms with van der Waals surface area (Å²) in [5, 5.41) is 14.0. The molecule has 0 radical (unpaired) electrons. The minimum Gasteiger partial charge on any atom is -0.486 e. The Morgan fingerprint density at radius 2 is 2.00 bits per heavy atom. The molecule has 190 valence electrons. The first-order valence-electron chi connectivity index (χ1n) is 12.2. The number of likely N-dealkylation sites (tertiary alicyclic amines) is 1. The molecule has 3 atom stereocenters. The second-order valence-corrected chi connectivity index (χ2v) is 9.50. The van der Waals surface area contributed by atoms with Crippen molar-refractivity contribution in [3.05, 3.63) is 52.5 Å². The third-order valence-corrected chi connectivity index (χ3v) is 7.09. The van der Waals surface area contributed by atoms with Crippen LogP contribution in [0.15, 0.2) is 35.4 Å². The molecule has 0 amide bonds. The van der Waals surface area contributed by atoms with E-state index in [4.69, 9.17) is 14.2 Å². The van der Waals surface area contributed by atoms with E-state index in [2.05, 4.69) is 20.2 Å². The van der Waals surface area contributed by atoms with Gasteiger partial charge in [0.2, 0.25) is 0 Å². The second-order valence-electron chi connectivity index (χ2n) is 9.50. The summed E-state index contributed by atoms with van der Waals surface area (Å²) in [5.41, 5.74) is 1.57. The van der Waals surface area contributed by atoms with Crippen LogP contribution in [0.5, 0.6) is 17.2 Å². The fourth-order valence-electron chi connectivity index (χ4n) is 5.29. The van der Waals surface area contributed by atoms with Gasteiger partial charge in [0.05, 0.1) is 35.8 Å². The molecule has 0 aliphatic carbocycles. The quantitative estimate of drug-likeness (QED) is 0.517. The third kappa shape index (κ3) is 4.38. The lowest BCUT2D eigenvalue weighted by Gasteiger charge is -2.39. The molecular formula is C25H28FN5O5. The molecule has 36 heavy (non-hydrogen) atoms. The van der Waals surface area contributed by atoms with E-state index >= 15 is 0 Å². The smallest absolute Gasteiger partial charge is 0.251 e. The van der Waals surface area contributed by atoms with Crippen molar-refractivity contribution in [2.45, 2.75) is 25.1 Å². The summed E-state index contributed by atoms with van der Waals surface area (Å²) >= 11 is 0. The average molecular weight is 498 g/mol. The lowest BCUT2D eigenvalue weighted by molar-refractivity contribution is 0.0184. The minimum absolute atomic E-state index is 0.0133. The van der Waals surface area contributed by atoms with Crippen LogP contribution >= 0.6 is 0 Å². The molecule has 3 aliphatic heterocycles. The van der Waals surface area contributed by atoms with E-state index in [-0.39, 0.29) is 29.9 Å². The summed E-state index contributed by atoms with van der Waals surface area (Å²) in [4.78, 5) is 23.5. The fourth-order valence-corrected chi connectivity index (χ4v) is 5.29. The van der Waals surface area contributed by atoms with Crippen molar-refractivity contribution in [3.63, 3.8) is 0 Å². The maximum Gasteiger partial charge on any atom is 0.251 e. The second kappa shape index (κ2) is 9.64. The number of aliphatic hydroxyl groups excluding tert-OH is 1. The van der Waals surface area contributed by atoms with Crippen molar-refractivity contribution in [1.29, 1.82) is 0 Å². The zero-order valence-corrected chi connectivity index (χ0v) is 19.7. The summed E-state index contributed by atoms with van der Waals surface area (Å²) in [6, 6.07) is 4.66. The Morgan fingerprint density at radius 1 is 1.14 bits per heavy atom. The van der Waals surface area contributed by atoms with Crippen LogP contribution in [0.1, 0.15) is 18.2 Å². The summed E-state index contributed by atoms with van der Waals surface area (Å²) in [5.74, 6) is 0.886. The van der Waals surface area contributed by atoms with E-state index in [0.717, 1.165) is 11.9 Å². The Morgan fingerprint density at radius 3 is 2.89 bits per heavy atom. The zero-order valence-electron chi connectivity index (χ0n) is 19.7. The molecule has 0 spiro atoms. The summed E-state index contributed by atoms with van der Waals surface area (Å²) in [6.07, 6.45) is 3.01. The van der Waals surface area contributed by atoms with Crippen LogP contribution in [0, 0.1) is 11.7 Å². The van der Waals surface area contributed by atoms with Gasteiger partial charge in [-0.1, -0.05) is 0 Å². The standard InChI is InChI=1S/C25H28FN5O5/c26-18-10-29-19-1-2-23(33)31-17(14-36-25(18)24(19)31)13-30-4-3-20(32)15(12-30)8-27-9-16-7-21-22(11-28-16)35-6-5-34-21/h1-2,7,10-11,15,17,20,27,32H,3-6,8-9,12-14H2/t15-,17+,20+/m0/s1. The largest absolute Gasteiger partial charge is 0.486 e. The lowest BCUT2D eigenvalue weighted by atomic mass is 9.94. The molecule has 0 unspecified atom stereocenters. The van der Waals surface area contributed by atoms with Gasteiger partial charge >= 0.3 is 0 Å². The van der Waals surface area contributed by atoms with Gasteiger partial charge in [-0.25, -0.2) is 4.39 Å². The Kier molecular flexibility index (Phi) is 6.20. The minimum atomic E-state index is -0.569.